The second kappa shape index (κ2) is 9.16. The molecule has 0 fully saturated rings. The van der Waals surface area contributed by atoms with Gasteiger partial charge < -0.3 is 15.4 Å². The number of aryl methyl sites for hydroxylation is 1. The average Bonchev–Trinajstić information content (AvgIpc) is 2.38. The predicted molar refractivity (Wildman–Crippen MR) is 72.3 cm³/mol. The van der Waals surface area contributed by atoms with Crippen LogP contribution in [-0.4, -0.2) is 33.4 Å². The number of benzene rings is 1. The Bertz CT molecular complexity index is 302. The number of methoxy groups -OCH3 is 1. The van der Waals surface area contributed by atoms with Gasteiger partial charge >= 0.3 is 0 Å². The van der Waals surface area contributed by atoms with Crippen LogP contribution in [0.25, 0.3) is 0 Å². The van der Waals surface area contributed by atoms with Gasteiger partial charge in [0.05, 0.1) is 6.61 Å². The lowest BCUT2D eigenvalue weighted by Gasteiger charge is -2.09. The Morgan fingerprint density at radius 3 is 2.41 bits per heavy atom. The van der Waals surface area contributed by atoms with Crippen molar-refractivity contribution in [1.82, 2.24) is 10.6 Å². The summed E-state index contributed by atoms with van der Waals surface area (Å²) in [5.74, 6) is 0. The maximum absolute atomic E-state index is 4.97. The second-order valence-electron chi connectivity index (χ2n) is 4.04. The molecule has 0 heterocycles. The van der Waals surface area contributed by atoms with Crippen LogP contribution in [0.3, 0.4) is 0 Å². The number of nitrogens with one attached hydrogen (secondary N) is 2. The Kier molecular flexibility index (Phi) is 7.63. The molecule has 0 bridgehead atoms. The molecule has 0 saturated heterocycles. The van der Waals surface area contributed by atoms with Gasteiger partial charge in [0, 0.05) is 33.3 Å². The predicted octanol–water partition coefficient (Wildman–Crippen LogP) is 1.57. The first-order valence-corrected chi connectivity index (χ1v) is 6.35. The molecule has 0 aromatic heterocycles. The van der Waals surface area contributed by atoms with Crippen molar-refractivity contribution in [2.75, 3.05) is 33.4 Å². The zero-order chi connectivity index (χ0) is 12.3. The van der Waals surface area contributed by atoms with Crippen LogP contribution in [0, 0.1) is 0 Å². The molecule has 0 aliphatic carbocycles. The second-order valence-corrected chi connectivity index (χ2v) is 4.04. The maximum atomic E-state index is 4.97. The third-order valence-corrected chi connectivity index (χ3v) is 2.78. The van der Waals surface area contributed by atoms with Crippen LogP contribution < -0.4 is 10.6 Å². The van der Waals surface area contributed by atoms with Crippen molar-refractivity contribution in [3.05, 3.63) is 35.4 Å². The Hall–Kier alpha value is -0.900. The highest BCUT2D eigenvalue weighted by Crippen LogP contribution is 2.08. The summed E-state index contributed by atoms with van der Waals surface area (Å²) in [6, 6.07) is 8.61. The van der Waals surface area contributed by atoms with Crippen LogP contribution in [0.5, 0.6) is 0 Å². The van der Waals surface area contributed by atoms with Crippen molar-refractivity contribution in [1.29, 1.82) is 0 Å². The number of hydrogen-bond donors (Lipinski definition) is 2. The SMILES string of the molecule is CCc1ccccc1CNCCNCCOC. The van der Waals surface area contributed by atoms with Gasteiger partial charge in [0.15, 0.2) is 0 Å². The van der Waals surface area contributed by atoms with Gasteiger partial charge in [-0.2, -0.15) is 0 Å². The van der Waals surface area contributed by atoms with Gasteiger partial charge in [-0.15, -0.1) is 0 Å². The summed E-state index contributed by atoms with van der Waals surface area (Å²) in [4.78, 5) is 0. The fourth-order valence-corrected chi connectivity index (χ4v) is 1.77. The first kappa shape index (κ1) is 14.2. The van der Waals surface area contributed by atoms with E-state index in [1.807, 2.05) is 0 Å². The third-order valence-electron chi connectivity index (χ3n) is 2.78. The van der Waals surface area contributed by atoms with E-state index < -0.39 is 0 Å². The third kappa shape index (κ3) is 5.82. The van der Waals surface area contributed by atoms with Crippen LogP contribution in [0.4, 0.5) is 0 Å². The van der Waals surface area contributed by atoms with Crippen molar-refractivity contribution in [3.8, 4) is 0 Å². The molecule has 0 amide bonds. The minimum Gasteiger partial charge on any atom is -0.383 e. The van der Waals surface area contributed by atoms with E-state index in [1.54, 1.807) is 7.11 Å². The highest BCUT2D eigenvalue weighted by Gasteiger charge is 1.98. The van der Waals surface area contributed by atoms with Crippen molar-refractivity contribution in [3.63, 3.8) is 0 Å². The fourth-order valence-electron chi connectivity index (χ4n) is 1.77. The van der Waals surface area contributed by atoms with E-state index in [4.69, 9.17) is 4.74 Å². The molecule has 0 radical (unpaired) electrons. The molecule has 3 heteroatoms. The standard InChI is InChI=1S/C14H24N2O/c1-3-13-6-4-5-7-14(13)12-16-9-8-15-10-11-17-2/h4-7,15-16H,3,8-12H2,1-2H3. The van der Waals surface area contributed by atoms with Gasteiger partial charge in [-0.25, -0.2) is 0 Å². The molecule has 1 aromatic carbocycles. The molecule has 0 saturated carbocycles. The molecule has 96 valence electrons. The van der Waals surface area contributed by atoms with Crippen LogP contribution in [0.1, 0.15) is 18.1 Å². The van der Waals surface area contributed by atoms with Gasteiger partial charge in [-0.1, -0.05) is 31.2 Å². The average molecular weight is 236 g/mol. The zero-order valence-corrected chi connectivity index (χ0v) is 11.0. The maximum Gasteiger partial charge on any atom is 0.0587 e. The Labute approximate surface area is 105 Å². The lowest BCUT2D eigenvalue weighted by molar-refractivity contribution is 0.199. The molecule has 1 rings (SSSR count). The smallest absolute Gasteiger partial charge is 0.0587 e. The van der Waals surface area contributed by atoms with E-state index in [2.05, 4.69) is 41.8 Å². The van der Waals surface area contributed by atoms with Crippen LogP contribution >= 0.6 is 0 Å². The van der Waals surface area contributed by atoms with E-state index in [9.17, 15) is 0 Å². The fraction of sp³-hybridized carbons (Fsp3) is 0.571. The van der Waals surface area contributed by atoms with Gasteiger partial charge in [0.1, 0.15) is 0 Å². The molecule has 0 aliphatic rings. The molecule has 1 aromatic rings. The van der Waals surface area contributed by atoms with Crippen molar-refractivity contribution in [2.45, 2.75) is 19.9 Å². The topological polar surface area (TPSA) is 33.3 Å². The minimum absolute atomic E-state index is 0.776. The van der Waals surface area contributed by atoms with Crippen molar-refractivity contribution >= 4 is 0 Å². The van der Waals surface area contributed by atoms with Crippen LogP contribution in [-0.2, 0) is 17.7 Å². The summed E-state index contributed by atoms with van der Waals surface area (Å²) in [6.07, 6.45) is 1.10. The molecule has 0 spiro atoms. The first-order chi connectivity index (χ1) is 8.38. The first-order valence-electron chi connectivity index (χ1n) is 6.35. The van der Waals surface area contributed by atoms with E-state index in [0.717, 1.165) is 39.2 Å². The molecule has 0 aliphatic heterocycles. The lowest BCUT2D eigenvalue weighted by Crippen LogP contribution is -2.29. The number of ether oxygens (including phenoxy) is 1. The summed E-state index contributed by atoms with van der Waals surface area (Å²) in [6.45, 7) is 6.82. The summed E-state index contributed by atoms with van der Waals surface area (Å²) < 4.78 is 4.97. The minimum atomic E-state index is 0.776. The zero-order valence-electron chi connectivity index (χ0n) is 11.0. The number of hydrogen-bond acceptors (Lipinski definition) is 3. The molecular formula is C14H24N2O. The molecule has 17 heavy (non-hydrogen) atoms. The normalized spacial score (nSPS) is 10.7. The highest BCUT2D eigenvalue weighted by atomic mass is 16.5. The van der Waals surface area contributed by atoms with Gasteiger partial charge in [0.2, 0.25) is 0 Å². The Morgan fingerprint density at radius 1 is 1.00 bits per heavy atom. The molecule has 2 N–H and O–H groups in total. The Morgan fingerprint density at radius 2 is 1.71 bits per heavy atom. The van der Waals surface area contributed by atoms with Gasteiger partial charge in [0.25, 0.3) is 0 Å². The van der Waals surface area contributed by atoms with E-state index in [1.165, 1.54) is 11.1 Å². The molecule has 0 unspecified atom stereocenters. The highest BCUT2D eigenvalue weighted by molar-refractivity contribution is 5.26. The molecule has 3 nitrogen and oxygen atoms in total. The summed E-state index contributed by atoms with van der Waals surface area (Å²) in [5.41, 5.74) is 2.85. The van der Waals surface area contributed by atoms with Crippen LogP contribution in [0.2, 0.25) is 0 Å². The van der Waals surface area contributed by atoms with E-state index in [-0.39, 0.29) is 0 Å². The quantitative estimate of drug-likeness (QED) is 0.639. The summed E-state index contributed by atoms with van der Waals surface area (Å²) in [5, 5.41) is 6.76. The summed E-state index contributed by atoms with van der Waals surface area (Å²) >= 11 is 0. The summed E-state index contributed by atoms with van der Waals surface area (Å²) in [7, 11) is 1.72. The van der Waals surface area contributed by atoms with Gasteiger partial charge in [-0.3, -0.25) is 0 Å². The van der Waals surface area contributed by atoms with Crippen LogP contribution in [0.15, 0.2) is 24.3 Å². The van der Waals surface area contributed by atoms with E-state index in [0.29, 0.717) is 0 Å². The van der Waals surface area contributed by atoms with Gasteiger partial charge in [-0.05, 0) is 17.5 Å². The number of rotatable bonds is 9. The molecular weight excluding hydrogens is 212 g/mol. The lowest BCUT2D eigenvalue weighted by atomic mass is 10.1. The Balaban J connectivity index is 2.13. The molecule has 0 atom stereocenters. The monoisotopic (exact) mass is 236 g/mol. The largest absolute Gasteiger partial charge is 0.383 e. The van der Waals surface area contributed by atoms with Crippen molar-refractivity contribution < 1.29 is 4.74 Å². The van der Waals surface area contributed by atoms with Crippen molar-refractivity contribution in [2.24, 2.45) is 0 Å². The van der Waals surface area contributed by atoms with E-state index >= 15 is 0 Å².